The average molecular weight is 355 g/mol. The van der Waals surface area contributed by atoms with Crippen LogP contribution in [-0.2, 0) is 19.7 Å². The summed E-state index contributed by atoms with van der Waals surface area (Å²) in [4.78, 5) is 20.0. The third kappa shape index (κ3) is 6.27. The number of aliphatic carboxylic acids is 2. The Labute approximate surface area is 106 Å². The van der Waals surface area contributed by atoms with Gasteiger partial charge in [0.25, 0.3) is 10.1 Å². The average Bonchev–Trinajstić information content (AvgIpc) is 1.79. The topological polar surface area (TPSA) is 129 Å². The van der Waals surface area contributed by atoms with Crippen LogP contribution in [-0.4, -0.2) is 40.4 Å². The molecule has 0 bridgehead atoms. The summed E-state index contributed by atoms with van der Waals surface area (Å²) in [5.41, 5.74) is 0. The second kappa shape index (κ2) is 5.81. The molecule has 1 unspecified atom stereocenters. The number of carboxylic acids is 2. The second-order valence-electron chi connectivity index (χ2n) is 1.94. The van der Waals surface area contributed by atoms with E-state index in [4.69, 9.17) is 14.8 Å². The molecule has 78 valence electrons. The van der Waals surface area contributed by atoms with Gasteiger partial charge in [-0.2, -0.15) is 8.42 Å². The fourth-order valence-electron chi connectivity index (χ4n) is 0.479. The van der Waals surface area contributed by atoms with E-state index in [-0.39, 0.29) is 39.9 Å². The van der Waals surface area contributed by atoms with Gasteiger partial charge in [0.05, 0.1) is 6.42 Å². The standard InChI is InChI=1S/C4H6O7S.Gd/c5-3(6)1-2(4(7)8)12(9,10)11;/h2H,1H2,(H,5,6)(H,7,8)(H,9,10,11);. The molecule has 13 heavy (non-hydrogen) atoms. The second-order valence-corrected chi connectivity index (χ2v) is 3.54. The Bertz CT molecular complexity index is 294. The van der Waals surface area contributed by atoms with Crippen LogP contribution in [0.1, 0.15) is 6.42 Å². The van der Waals surface area contributed by atoms with Gasteiger partial charge in [-0.1, -0.05) is 0 Å². The van der Waals surface area contributed by atoms with E-state index >= 15 is 0 Å². The van der Waals surface area contributed by atoms with E-state index in [1.54, 1.807) is 0 Å². The van der Waals surface area contributed by atoms with Crippen LogP contribution in [0.25, 0.3) is 0 Å². The largest absolute Gasteiger partial charge is 0.481 e. The van der Waals surface area contributed by atoms with Crippen LogP contribution in [0.5, 0.6) is 0 Å². The van der Waals surface area contributed by atoms with Crippen LogP contribution < -0.4 is 0 Å². The maximum absolute atomic E-state index is 10.2. The number of carbonyl (C=O) groups is 2. The predicted molar refractivity (Wildman–Crippen MR) is 35.2 cm³/mol. The van der Waals surface area contributed by atoms with E-state index in [1.165, 1.54) is 0 Å². The molecule has 0 aromatic heterocycles. The third-order valence-corrected chi connectivity index (χ3v) is 2.08. The predicted octanol–water partition coefficient (Wildman–Crippen LogP) is -1.20. The van der Waals surface area contributed by atoms with Crippen molar-refractivity contribution in [3.05, 3.63) is 0 Å². The van der Waals surface area contributed by atoms with Crippen molar-refractivity contribution in [1.82, 2.24) is 0 Å². The first-order chi connectivity index (χ1) is 5.25. The molecule has 0 radical (unpaired) electrons. The molecular formula is C4H6GdO7S. The van der Waals surface area contributed by atoms with Gasteiger partial charge in [0.15, 0.2) is 5.25 Å². The zero-order chi connectivity index (χ0) is 9.94. The van der Waals surface area contributed by atoms with Crippen LogP contribution >= 0.6 is 0 Å². The van der Waals surface area contributed by atoms with Gasteiger partial charge in [-0.15, -0.1) is 0 Å². The van der Waals surface area contributed by atoms with Crippen molar-refractivity contribution in [2.45, 2.75) is 11.7 Å². The molecule has 0 heterocycles. The van der Waals surface area contributed by atoms with E-state index in [9.17, 15) is 18.0 Å². The van der Waals surface area contributed by atoms with Crippen molar-refractivity contribution in [1.29, 1.82) is 0 Å². The molecule has 0 saturated carbocycles. The summed E-state index contributed by atoms with van der Waals surface area (Å²) in [6.45, 7) is 0. The van der Waals surface area contributed by atoms with Crippen molar-refractivity contribution in [2.24, 2.45) is 0 Å². The van der Waals surface area contributed by atoms with E-state index in [2.05, 4.69) is 0 Å². The first-order valence-electron chi connectivity index (χ1n) is 2.66. The first kappa shape index (κ1) is 15.6. The minimum atomic E-state index is -4.84. The van der Waals surface area contributed by atoms with Gasteiger partial charge >= 0.3 is 11.9 Å². The Kier molecular flexibility index (Phi) is 6.99. The van der Waals surface area contributed by atoms with Gasteiger partial charge in [-0.25, -0.2) is 0 Å². The van der Waals surface area contributed by atoms with Crippen molar-refractivity contribution in [2.75, 3.05) is 0 Å². The molecule has 0 amide bonds. The van der Waals surface area contributed by atoms with Gasteiger partial charge in [0.1, 0.15) is 0 Å². The monoisotopic (exact) mass is 356 g/mol. The molecule has 0 aliphatic carbocycles. The maximum atomic E-state index is 10.2. The van der Waals surface area contributed by atoms with Crippen LogP contribution in [0, 0.1) is 39.9 Å². The summed E-state index contributed by atoms with van der Waals surface area (Å²) in [6.07, 6.45) is -1.16. The van der Waals surface area contributed by atoms with Crippen molar-refractivity contribution in [3.63, 3.8) is 0 Å². The number of rotatable bonds is 4. The smallest absolute Gasteiger partial charge is 0.325 e. The summed E-state index contributed by atoms with van der Waals surface area (Å²) in [6, 6.07) is 0. The molecule has 0 aliphatic rings. The van der Waals surface area contributed by atoms with Gasteiger partial charge in [-0.3, -0.25) is 14.1 Å². The van der Waals surface area contributed by atoms with Gasteiger partial charge < -0.3 is 10.2 Å². The molecule has 9 heteroatoms. The molecule has 7 nitrogen and oxygen atoms in total. The summed E-state index contributed by atoms with van der Waals surface area (Å²) in [7, 11) is -4.84. The van der Waals surface area contributed by atoms with Crippen molar-refractivity contribution in [3.8, 4) is 0 Å². The normalized spacial score (nSPS) is 12.7. The van der Waals surface area contributed by atoms with Gasteiger partial charge in [-0.05, 0) is 0 Å². The quantitative estimate of drug-likeness (QED) is 0.540. The molecule has 1 atom stereocenters. The van der Waals surface area contributed by atoms with Crippen LogP contribution in [0.3, 0.4) is 0 Å². The molecule has 0 fully saturated rings. The Hall–Kier alpha value is 0.175. The molecule has 0 aromatic rings. The van der Waals surface area contributed by atoms with Gasteiger partial charge in [0.2, 0.25) is 0 Å². The van der Waals surface area contributed by atoms with Crippen LogP contribution in [0.15, 0.2) is 0 Å². The molecule has 0 saturated heterocycles. The SMILES string of the molecule is O=C(O)CC(C(=O)O)S(=O)(=O)O.[Gd]. The maximum Gasteiger partial charge on any atom is 0.325 e. The Balaban J connectivity index is 0. The molecule has 0 rings (SSSR count). The third-order valence-electron chi connectivity index (χ3n) is 0.995. The summed E-state index contributed by atoms with van der Waals surface area (Å²) < 4.78 is 28.7. The Morgan fingerprint density at radius 2 is 1.62 bits per heavy atom. The van der Waals surface area contributed by atoms with Crippen LogP contribution in [0.2, 0.25) is 0 Å². The molecule has 0 spiro atoms. The molecule has 0 aliphatic heterocycles. The van der Waals surface area contributed by atoms with E-state index in [1.807, 2.05) is 0 Å². The molecular weight excluding hydrogens is 349 g/mol. The summed E-state index contributed by atoms with van der Waals surface area (Å²) >= 11 is 0. The summed E-state index contributed by atoms with van der Waals surface area (Å²) in [5, 5.41) is 13.9. The van der Waals surface area contributed by atoms with E-state index in [0.29, 0.717) is 0 Å². The fraction of sp³-hybridized carbons (Fsp3) is 0.500. The van der Waals surface area contributed by atoms with Crippen molar-refractivity contribution >= 4 is 22.1 Å². The molecule has 3 N–H and O–H groups in total. The number of hydrogen-bond donors (Lipinski definition) is 3. The minimum absolute atomic E-state index is 0. The van der Waals surface area contributed by atoms with E-state index in [0.717, 1.165) is 0 Å². The zero-order valence-electron chi connectivity index (χ0n) is 6.02. The number of carboxylic acid groups (broad SMARTS) is 2. The zero-order valence-corrected chi connectivity index (χ0v) is 9.11. The minimum Gasteiger partial charge on any atom is -0.481 e. The fourth-order valence-corrected chi connectivity index (χ4v) is 1.09. The number of hydrogen-bond acceptors (Lipinski definition) is 4. The summed E-state index contributed by atoms with van der Waals surface area (Å²) in [5.74, 6) is -3.50. The Morgan fingerprint density at radius 3 is 1.69 bits per heavy atom. The molecule has 0 aromatic carbocycles. The Morgan fingerprint density at radius 1 is 1.23 bits per heavy atom. The van der Waals surface area contributed by atoms with Crippen molar-refractivity contribution < 1.29 is 72.7 Å². The first-order valence-corrected chi connectivity index (χ1v) is 4.16. The van der Waals surface area contributed by atoms with E-state index < -0.39 is 33.7 Å². The van der Waals surface area contributed by atoms with Crippen LogP contribution in [0.4, 0.5) is 0 Å². The van der Waals surface area contributed by atoms with Gasteiger partial charge in [0, 0.05) is 39.9 Å².